The second-order valence-electron chi connectivity index (χ2n) is 8.46. The molecule has 6 heteroatoms. The number of rotatable bonds is 5. The summed E-state index contributed by atoms with van der Waals surface area (Å²) in [5.74, 6) is 1.19. The van der Waals surface area contributed by atoms with E-state index in [0.717, 1.165) is 48.6 Å². The Morgan fingerprint density at radius 3 is 2.61 bits per heavy atom. The zero-order valence-electron chi connectivity index (χ0n) is 18.8. The third-order valence-corrected chi connectivity index (χ3v) is 5.97. The number of ether oxygens (including phenoxy) is 1. The molecule has 1 fully saturated rings. The van der Waals surface area contributed by atoms with Gasteiger partial charge in [-0.2, -0.15) is 5.10 Å². The largest absolute Gasteiger partial charge is 0.497 e. The molecule has 0 unspecified atom stereocenters. The number of methoxy groups -OCH3 is 1. The number of aromatic nitrogens is 3. The lowest BCUT2D eigenvalue weighted by atomic mass is 9.92. The maximum absolute atomic E-state index is 13.1. The first-order valence-electron chi connectivity index (χ1n) is 10.8. The zero-order valence-corrected chi connectivity index (χ0v) is 18.8. The molecule has 6 nitrogen and oxygen atoms in total. The van der Waals surface area contributed by atoms with Gasteiger partial charge >= 0.3 is 0 Å². The summed E-state index contributed by atoms with van der Waals surface area (Å²) in [6, 6.07) is 12.6. The van der Waals surface area contributed by atoms with E-state index in [1.165, 1.54) is 11.1 Å². The Hall–Kier alpha value is -3.15. The molecule has 1 amide bonds. The van der Waals surface area contributed by atoms with Crippen molar-refractivity contribution in [1.82, 2.24) is 19.7 Å². The van der Waals surface area contributed by atoms with E-state index in [2.05, 4.69) is 29.4 Å². The average molecular weight is 419 g/mol. The first kappa shape index (κ1) is 21.1. The summed E-state index contributed by atoms with van der Waals surface area (Å²) in [4.78, 5) is 19.9. The summed E-state index contributed by atoms with van der Waals surface area (Å²) < 4.78 is 6.97. The first-order valence-corrected chi connectivity index (χ1v) is 10.8. The quantitative estimate of drug-likeness (QED) is 0.627. The Morgan fingerprint density at radius 2 is 1.94 bits per heavy atom. The van der Waals surface area contributed by atoms with Crippen LogP contribution in [0, 0.1) is 13.8 Å². The van der Waals surface area contributed by atoms with E-state index in [9.17, 15) is 4.79 Å². The number of nitrogens with zero attached hydrogens (tertiary/aromatic N) is 4. The number of pyridine rings is 1. The summed E-state index contributed by atoms with van der Waals surface area (Å²) >= 11 is 0. The van der Waals surface area contributed by atoms with Crippen LogP contribution in [0.2, 0.25) is 0 Å². The van der Waals surface area contributed by atoms with Gasteiger partial charge in [0.05, 0.1) is 18.4 Å². The molecule has 3 aromatic rings. The normalized spacial score (nSPS) is 16.4. The van der Waals surface area contributed by atoms with E-state index in [1.807, 2.05) is 44.1 Å². The van der Waals surface area contributed by atoms with Gasteiger partial charge in [0.15, 0.2) is 0 Å². The molecule has 0 N–H and O–H groups in total. The van der Waals surface area contributed by atoms with E-state index >= 15 is 0 Å². The number of carbonyl (C=O) groups excluding carboxylic acids is 1. The molecule has 0 spiro atoms. The second kappa shape index (κ2) is 8.92. The molecule has 1 aromatic carbocycles. The van der Waals surface area contributed by atoms with E-state index in [-0.39, 0.29) is 11.8 Å². The molecule has 0 radical (unpaired) electrons. The summed E-state index contributed by atoms with van der Waals surface area (Å²) in [5.41, 5.74) is 6.08. The van der Waals surface area contributed by atoms with Gasteiger partial charge in [0.1, 0.15) is 5.75 Å². The van der Waals surface area contributed by atoms with Crippen LogP contribution in [0.5, 0.6) is 5.75 Å². The second-order valence-corrected chi connectivity index (χ2v) is 8.46. The molecule has 4 rings (SSSR count). The topological polar surface area (TPSA) is 60.2 Å². The highest BCUT2D eigenvalue weighted by molar-refractivity contribution is 5.95. The van der Waals surface area contributed by atoms with E-state index in [0.29, 0.717) is 12.1 Å². The van der Waals surface area contributed by atoms with Crippen molar-refractivity contribution in [2.24, 2.45) is 7.05 Å². The number of amides is 1. The number of benzene rings is 1. The van der Waals surface area contributed by atoms with Crippen LogP contribution >= 0.6 is 0 Å². The summed E-state index contributed by atoms with van der Waals surface area (Å²) in [6.45, 7) is 5.42. The molecule has 162 valence electrons. The molecule has 0 saturated carbocycles. The smallest absolute Gasteiger partial charge is 0.257 e. The van der Waals surface area contributed by atoms with E-state index in [1.54, 1.807) is 11.8 Å². The zero-order chi connectivity index (χ0) is 22.0. The van der Waals surface area contributed by atoms with E-state index < -0.39 is 0 Å². The lowest BCUT2D eigenvalue weighted by molar-refractivity contribution is 0.0705. The Balaban J connectivity index is 1.51. The van der Waals surface area contributed by atoms with Gasteiger partial charge < -0.3 is 9.64 Å². The molecule has 0 bridgehead atoms. The third-order valence-electron chi connectivity index (χ3n) is 5.97. The van der Waals surface area contributed by atoms with Gasteiger partial charge in [-0.1, -0.05) is 12.1 Å². The van der Waals surface area contributed by atoms with Crippen molar-refractivity contribution in [2.45, 2.75) is 39.0 Å². The standard InChI is InChI=1S/C25H30N4O2/c1-17-12-20(13-19-7-9-22(31-4)10-8-19)14-24(26-17)21-6-5-11-29(15-21)25(30)23-16-28(3)27-18(23)2/h7-10,12,14,16,21H,5-6,11,13,15H2,1-4H3/t21-/m0/s1. The Morgan fingerprint density at radius 1 is 1.16 bits per heavy atom. The minimum atomic E-state index is 0.0707. The SMILES string of the molecule is COc1ccc(Cc2cc(C)nc([C@H]3CCCN(C(=O)c4cn(C)nc4C)C3)c2)cc1. The molecule has 2 aromatic heterocycles. The van der Waals surface area contributed by atoms with Crippen molar-refractivity contribution in [1.29, 1.82) is 0 Å². The molecular formula is C25H30N4O2. The van der Waals surface area contributed by atoms with Gasteiger partial charge in [0, 0.05) is 43.6 Å². The summed E-state index contributed by atoms with van der Waals surface area (Å²) in [7, 11) is 3.53. The number of carbonyl (C=O) groups is 1. The summed E-state index contributed by atoms with van der Waals surface area (Å²) in [5, 5.41) is 4.33. The molecule has 31 heavy (non-hydrogen) atoms. The van der Waals surface area contributed by atoms with Crippen LogP contribution in [0.4, 0.5) is 0 Å². The Labute approximate surface area is 183 Å². The fourth-order valence-electron chi connectivity index (χ4n) is 4.44. The first-order chi connectivity index (χ1) is 14.9. The van der Waals surface area contributed by atoms with Crippen LogP contribution in [-0.4, -0.2) is 45.8 Å². The third kappa shape index (κ3) is 4.79. The van der Waals surface area contributed by atoms with Gasteiger partial charge in [-0.3, -0.25) is 14.5 Å². The number of aryl methyl sites for hydroxylation is 3. The van der Waals surface area contributed by atoms with Crippen LogP contribution < -0.4 is 4.74 Å². The Kier molecular flexibility index (Phi) is 6.07. The molecule has 3 heterocycles. The maximum atomic E-state index is 13.1. The minimum absolute atomic E-state index is 0.0707. The van der Waals surface area contributed by atoms with Gasteiger partial charge in [-0.25, -0.2) is 0 Å². The predicted octanol–water partition coefficient (Wildman–Crippen LogP) is 4.05. The monoisotopic (exact) mass is 418 g/mol. The predicted molar refractivity (Wildman–Crippen MR) is 121 cm³/mol. The van der Waals surface area contributed by atoms with Crippen LogP contribution in [0.1, 0.15) is 57.3 Å². The number of likely N-dealkylation sites (tertiary alicyclic amines) is 1. The molecule has 0 aliphatic carbocycles. The fraction of sp³-hybridized carbons (Fsp3) is 0.400. The molecule has 1 aliphatic heterocycles. The lowest BCUT2D eigenvalue weighted by Gasteiger charge is -2.32. The highest BCUT2D eigenvalue weighted by atomic mass is 16.5. The van der Waals surface area contributed by atoms with Gasteiger partial charge in [-0.15, -0.1) is 0 Å². The van der Waals surface area contributed by atoms with Crippen molar-refractivity contribution < 1.29 is 9.53 Å². The molecule has 1 saturated heterocycles. The van der Waals surface area contributed by atoms with Crippen LogP contribution in [-0.2, 0) is 13.5 Å². The van der Waals surface area contributed by atoms with Gasteiger partial charge in [0.2, 0.25) is 0 Å². The number of piperidine rings is 1. The van der Waals surface area contributed by atoms with Gasteiger partial charge in [0.25, 0.3) is 5.91 Å². The van der Waals surface area contributed by atoms with Crippen molar-refractivity contribution in [2.75, 3.05) is 20.2 Å². The fourth-order valence-corrected chi connectivity index (χ4v) is 4.44. The Bertz CT molecular complexity index is 1070. The highest BCUT2D eigenvalue weighted by Crippen LogP contribution is 2.28. The number of hydrogen-bond acceptors (Lipinski definition) is 4. The van der Waals surface area contributed by atoms with Crippen LogP contribution in [0.3, 0.4) is 0 Å². The van der Waals surface area contributed by atoms with Crippen LogP contribution in [0.15, 0.2) is 42.6 Å². The average Bonchev–Trinajstić information content (AvgIpc) is 3.11. The van der Waals surface area contributed by atoms with E-state index in [4.69, 9.17) is 9.72 Å². The van der Waals surface area contributed by atoms with Crippen molar-refractivity contribution >= 4 is 5.91 Å². The molecule has 1 atom stereocenters. The molecule has 1 aliphatic rings. The maximum Gasteiger partial charge on any atom is 0.257 e. The lowest BCUT2D eigenvalue weighted by Crippen LogP contribution is -2.39. The highest BCUT2D eigenvalue weighted by Gasteiger charge is 2.28. The van der Waals surface area contributed by atoms with Crippen molar-refractivity contribution in [3.05, 3.63) is 76.4 Å². The van der Waals surface area contributed by atoms with Crippen LogP contribution in [0.25, 0.3) is 0 Å². The summed E-state index contributed by atoms with van der Waals surface area (Å²) in [6.07, 6.45) is 4.71. The molecular weight excluding hydrogens is 388 g/mol. The van der Waals surface area contributed by atoms with Gasteiger partial charge in [-0.05, 0) is 68.5 Å². The number of hydrogen-bond donors (Lipinski definition) is 0. The minimum Gasteiger partial charge on any atom is -0.497 e. The van der Waals surface area contributed by atoms with Crippen molar-refractivity contribution in [3.8, 4) is 5.75 Å². The van der Waals surface area contributed by atoms with Crippen molar-refractivity contribution in [3.63, 3.8) is 0 Å².